The first-order valence-corrected chi connectivity index (χ1v) is 8.08. The van der Waals surface area contributed by atoms with E-state index in [0.29, 0.717) is 29.4 Å². The number of carboxylic acid groups (broad SMARTS) is 1. The van der Waals surface area contributed by atoms with Crippen molar-refractivity contribution >= 4 is 34.8 Å². The molecule has 0 radical (unpaired) electrons. The number of amides is 1. The van der Waals surface area contributed by atoms with Gasteiger partial charge >= 0.3 is 5.97 Å². The molecule has 7 heteroatoms. The number of aromatic nitrogens is 1. The maximum absolute atomic E-state index is 12.5. The van der Waals surface area contributed by atoms with Crippen molar-refractivity contribution in [3.05, 3.63) is 40.4 Å². The van der Waals surface area contributed by atoms with Gasteiger partial charge in [-0.05, 0) is 18.9 Å². The van der Waals surface area contributed by atoms with Gasteiger partial charge < -0.3 is 10.0 Å². The van der Waals surface area contributed by atoms with Gasteiger partial charge in [-0.3, -0.25) is 4.79 Å². The number of carboxylic acids is 1. The quantitative estimate of drug-likeness (QED) is 0.934. The number of thiazole rings is 1. The number of halogens is 1. The van der Waals surface area contributed by atoms with E-state index in [1.165, 1.54) is 16.2 Å². The van der Waals surface area contributed by atoms with Crippen LogP contribution in [0.15, 0.2) is 29.6 Å². The molecule has 1 fully saturated rings. The molecule has 2 heterocycles. The number of nitrogens with zero attached hydrogens (tertiary/aromatic N) is 2. The Bertz CT molecular complexity index is 731. The van der Waals surface area contributed by atoms with Gasteiger partial charge in [-0.15, -0.1) is 11.3 Å². The summed E-state index contributed by atoms with van der Waals surface area (Å²) in [6.07, 6.45) is 1.19. The molecule has 0 spiro atoms. The first-order chi connectivity index (χ1) is 10.6. The summed E-state index contributed by atoms with van der Waals surface area (Å²) < 4.78 is 0. The van der Waals surface area contributed by atoms with Crippen molar-refractivity contribution in [1.82, 2.24) is 9.88 Å². The highest BCUT2D eigenvalue weighted by Crippen LogP contribution is 2.31. The molecular formula is C15H13ClN2O3S. The molecule has 1 aliphatic rings. The van der Waals surface area contributed by atoms with E-state index in [1.807, 2.05) is 18.2 Å². The fourth-order valence-electron chi connectivity index (χ4n) is 2.54. The van der Waals surface area contributed by atoms with Crippen molar-refractivity contribution in [3.8, 4) is 10.6 Å². The fourth-order valence-corrected chi connectivity index (χ4v) is 3.66. The summed E-state index contributed by atoms with van der Waals surface area (Å²) in [5, 5.41) is 12.0. The summed E-state index contributed by atoms with van der Waals surface area (Å²) >= 11 is 7.46. The van der Waals surface area contributed by atoms with E-state index in [2.05, 4.69) is 4.98 Å². The molecule has 1 saturated heterocycles. The highest BCUT2D eigenvalue weighted by molar-refractivity contribution is 7.13. The van der Waals surface area contributed by atoms with E-state index in [4.69, 9.17) is 16.7 Å². The largest absolute Gasteiger partial charge is 0.480 e. The van der Waals surface area contributed by atoms with Crippen molar-refractivity contribution in [1.29, 1.82) is 0 Å². The number of benzene rings is 1. The Balaban J connectivity index is 1.86. The molecule has 0 saturated carbocycles. The Morgan fingerprint density at radius 1 is 1.36 bits per heavy atom. The molecule has 114 valence electrons. The number of rotatable bonds is 3. The van der Waals surface area contributed by atoms with Crippen LogP contribution in [0.2, 0.25) is 5.02 Å². The lowest BCUT2D eigenvalue weighted by molar-refractivity contribution is -0.141. The number of carbonyl (C=O) groups is 2. The third-order valence-electron chi connectivity index (χ3n) is 3.63. The van der Waals surface area contributed by atoms with E-state index in [1.54, 1.807) is 11.4 Å². The van der Waals surface area contributed by atoms with Gasteiger partial charge in [0.1, 0.15) is 16.7 Å². The van der Waals surface area contributed by atoms with Crippen LogP contribution < -0.4 is 0 Å². The molecule has 1 atom stereocenters. The first kappa shape index (κ1) is 15.0. The van der Waals surface area contributed by atoms with Crippen LogP contribution in [0.4, 0.5) is 0 Å². The molecule has 1 N–H and O–H groups in total. The summed E-state index contributed by atoms with van der Waals surface area (Å²) in [4.78, 5) is 29.4. The molecule has 1 aromatic heterocycles. The third-order valence-corrected chi connectivity index (χ3v) is 4.83. The zero-order valence-electron chi connectivity index (χ0n) is 11.5. The van der Waals surface area contributed by atoms with Crippen LogP contribution in [0.5, 0.6) is 0 Å². The van der Waals surface area contributed by atoms with Crippen LogP contribution in [0.3, 0.4) is 0 Å². The van der Waals surface area contributed by atoms with Gasteiger partial charge in [0.2, 0.25) is 0 Å². The lowest BCUT2D eigenvalue weighted by atomic mass is 10.2. The van der Waals surface area contributed by atoms with Crippen molar-refractivity contribution in [3.63, 3.8) is 0 Å². The Hall–Kier alpha value is -1.92. The van der Waals surface area contributed by atoms with Gasteiger partial charge in [0, 0.05) is 17.5 Å². The lowest BCUT2D eigenvalue weighted by Gasteiger charge is -2.20. The Kier molecular flexibility index (Phi) is 4.13. The van der Waals surface area contributed by atoms with Crippen molar-refractivity contribution in [2.75, 3.05) is 6.54 Å². The summed E-state index contributed by atoms with van der Waals surface area (Å²) in [6.45, 7) is 0.453. The van der Waals surface area contributed by atoms with E-state index in [0.717, 1.165) is 5.56 Å². The van der Waals surface area contributed by atoms with Crippen LogP contribution in [0.1, 0.15) is 23.3 Å². The molecule has 1 amide bonds. The fraction of sp³-hybridized carbons (Fsp3) is 0.267. The Labute approximate surface area is 136 Å². The van der Waals surface area contributed by atoms with E-state index < -0.39 is 12.0 Å². The van der Waals surface area contributed by atoms with Crippen LogP contribution in [-0.4, -0.2) is 39.5 Å². The summed E-state index contributed by atoms with van der Waals surface area (Å²) in [6, 6.07) is 6.53. The minimum absolute atomic E-state index is 0.271. The summed E-state index contributed by atoms with van der Waals surface area (Å²) in [7, 11) is 0. The van der Waals surface area contributed by atoms with Gasteiger partial charge in [0.15, 0.2) is 0 Å². The zero-order chi connectivity index (χ0) is 15.7. The highest BCUT2D eigenvalue weighted by atomic mass is 35.5. The van der Waals surface area contributed by atoms with Crippen LogP contribution in [-0.2, 0) is 4.79 Å². The average molecular weight is 337 g/mol. The molecule has 1 unspecified atom stereocenters. The number of hydrogen-bond donors (Lipinski definition) is 1. The number of hydrogen-bond acceptors (Lipinski definition) is 4. The molecule has 1 aromatic carbocycles. The normalized spacial score (nSPS) is 17.7. The van der Waals surface area contributed by atoms with Crippen LogP contribution >= 0.6 is 22.9 Å². The zero-order valence-corrected chi connectivity index (χ0v) is 13.1. The minimum atomic E-state index is -0.965. The molecular weight excluding hydrogens is 324 g/mol. The van der Waals surface area contributed by atoms with E-state index in [-0.39, 0.29) is 11.6 Å². The molecule has 22 heavy (non-hydrogen) atoms. The maximum Gasteiger partial charge on any atom is 0.326 e. The van der Waals surface area contributed by atoms with Gasteiger partial charge in [0.25, 0.3) is 5.91 Å². The van der Waals surface area contributed by atoms with Gasteiger partial charge in [-0.25, -0.2) is 9.78 Å². The number of aliphatic carboxylic acids is 1. The average Bonchev–Trinajstić information content (AvgIpc) is 3.16. The van der Waals surface area contributed by atoms with E-state index >= 15 is 0 Å². The van der Waals surface area contributed by atoms with Gasteiger partial charge in [0.05, 0.1) is 5.02 Å². The predicted molar refractivity (Wildman–Crippen MR) is 84.3 cm³/mol. The Morgan fingerprint density at radius 2 is 2.14 bits per heavy atom. The number of carbonyl (C=O) groups excluding carboxylic acids is 1. The molecule has 1 aliphatic heterocycles. The van der Waals surface area contributed by atoms with Gasteiger partial charge in [-0.1, -0.05) is 29.8 Å². The second-order valence-electron chi connectivity index (χ2n) is 5.01. The van der Waals surface area contributed by atoms with Crippen molar-refractivity contribution < 1.29 is 14.7 Å². The first-order valence-electron chi connectivity index (χ1n) is 6.82. The second-order valence-corrected chi connectivity index (χ2v) is 6.28. The molecule has 0 bridgehead atoms. The second kappa shape index (κ2) is 6.06. The van der Waals surface area contributed by atoms with Crippen LogP contribution in [0, 0.1) is 0 Å². The summed E-state index contributed by atoms with van der Waals surface area (Å²) in [5.41, 5.74) is 1.04. The SMILES string of the molecule is O=C(O)C1CCCN1C(=O)c1csc(-c2ccccc2Cl)n1. The van der Waals surface area contributed by atoms with E-state index in [9.17, 15) is 9.59 Å². The molecule has 3 rings (SSSR count). The van der Waals surface area contributed by atoms with Crippen molar-refractivity contribution in [2.45, 2.75) is 18.9 Å². The van der Waals surface area contributed by atoms with Crippen molar-refractivity contribution in [2.24, 2.45) is 0 Å². The molecule has 5 nitrogen and oxygen atoms in total. The third kappa shape index (κ3) is 2.71. The van der Waals surface area contributed by atoms with Gasteiger partial charge in [-0.2, -0.15) is 0 Å². The predicted octanol–water partition coefficient (Wildman–Crippen LogP) is 3.15. The minimum Gasteiger partial charge on any atom is -0.480 e. The molecule has 2 aromatic rings. The highest BCUT2D eigenvalue weighted by Gasteiger charge is 2.35. The molecule has 0 aliphatic carbocycles. The smallest absolute Gasteiger partial charge is 0.326 e. The Morgan fingerprint density at radius 3 is 2.86 bits per heavy atom. The summed E-state index contributed by atoms with van der Waals surface area (Å²) in [5.74, 6) is -1.30. The monoisotopic (exact) mass is 336 g/mol. The number of likely N-dealkylation sites (tertiary alicyclic amines) is 1. The topological polar surface area (TPSA) is 70.5 Å². The standard InChI is InChI=1S/C15H13ClN2O3S/c16-10-5-2-1-4-9(10)13-17-11(8-22-13)14(19)18-7-3-6-12(18)15(20)21/h1-2,4-5,8,12H,3,6-7H2,(H,20,21). The lowest BCUT2D eigenvalue weighted by Crippen LogP contribution is -2.40. The van der Waals surface area contributed by atoms with Crippen LogP contribution in [0.25, 0.3) is 10.6 Å². The maximum atomic E-state index is 12.5.